The van der Waals surface area contributed by atoms with Crippen LogP contribution < -0.4 is 5.73 Å². The van der Waals surface area contributed by atoms with Crippen molar-refractivity contribution in [3.8, 4) is 0 Å². The molecule has 1 saturated heterocycles. The number of benzene rings is 1. The van der Waals surface area contributed by atoms with Gasteiger partial charge in [0.1, 0.15) is 5.82 Å². The predicted octanol–water partition coefficient (Wildman–Crippen LogP) is 3.16. The van der Waals surface area contributed by atoms with Gasteiger partial charge >= 0.3 is 0 Å². The highest BCUT2D eigenvalue weighted by Crippen LogP contribution is 2.28. The first-order chi connectivity index (χ1) is 8.61. The van der Waals surface area contributed by atoms with E-state index in [1.54, 1.807) is 12.1 Å². The molecule has 1 aromatic carbocycles. The summed E-state index contributed by atoms with van der Waals surface area (Å²) >= 11 is 5.88. The van der Waals surface area contributed by atoms with Crippen LogP contribution in [0.25, 0.3) is 0 Å². The van der Waals surface area contributed by atoms with Gasteiger partial charge in [-0.2, -0.15) is 0 Å². The second-order valence-corrected chi connectivity index (χ2v) is 5.31. The van der Waals surface area contributed by atoms with Gasteiger partial charge in [-0.05, 0) is 43.0 Å². The van der Waals surface area contributed by atoms with Gasteiger partial charge in [-0.15, -0.1) is 0 Å². The minimum absolute atomic E-state index is 0.0783. The molecule has 1 aliphatic rings. The first kappa shape index (κ1) is 13.8. The molecule has 1 aromatic rings. The Balaban J connectivity index is 2.06. The highest BCUT2D eigenvalue weighted by Gasteiger charge is 2.31. The maximum Gasteiger partial charge on any atom is 0.126 e. The van der Waals surface area contributed by atoms with E-state index in [1.807, 2.05) is 0 Å². The third kappa shape index (κ3) is 3.02. The van der Waals surface area contributed by atoms with E-state index in [1.165, 1.54) is 6.07 Å². The molecule has 3 unspecified atom stereocenters. The zero-order valence-corrected chi connectivity index (χ0v) is 11.3. The third-order valence-electron chi connectivity index (χ3n) is 3.68. The van der Waals surface area contributed by atoms with Crippen molar-refractivity contribution in [3.63, 3.8) is 0 Å². The van der Waals surface area contributed by atoms with E-state index in [2.05, 4.69) is 6.92 Å². The second kappa shape index (κ2) is 6.00. The summed E-state index contributed by atoms with van der Waals surface area (Å²) in [5.41, 5.74) is 6.80. The Morgan fingerprint density at radius 3 is 3.06 bits per heavy atom. The zero-order valence-electron chi connectivity index (χ0n) is 10.5. The van der Waals surface area contributed by atoms with E-state index >= 15 is 0 Å². The maximum atomic E-state index is 13.7. The van der Waals surface area contributed by atoms with Crippen LogP contribution in [0, 0.1) is 11.7 Å². The lowest BCUT2D eigenvalue weighted by molar-refractivity contribution is 0.0813. The van der Waals surface area contributed by atoms with Crippen LogP contribution >= 0.6 is 11.6 Å². The van der Waals surface area contributed by atoms with E-state index < -0.39 is 0 Å². The molecule has 1 aliphatic heterocycles. The van der Waals surface area contributed by atoms with Gasteiger partial charge in [0.05, 0.1) is 6.10 Å². The molecule has 0 aromatic heterocycles. The summed E-state index contributed by atoms with van der Waals surface area (Å²) in [5, 5.41) is 0.549. The van der Waals surface area contributed by atoms with Crippen LogP contribution in [-0.2, 0) is 11.2 Å². The Bertz CT molecular complexity index is 413. The normalized spacial score (nSPS) is 25.3. The van der Waals surface area contributed by atoms with Crippen LogP contribution in [0.2, 0.25) is 5.02 Å². The van der Waals surface area contributed by atoms with Crippen molar-refractivity contribution in [1.82, 2.24) is 0 Å². The van der Waals surface area contributed by atoms with Gasteiger partial charge in [-0.1, -0.05) is 18.5 Å². The monoisotopic (exact) mass is 271 g/mol. The fraction of sp³-hybridized carbons (Fsp3) is 0.571. The van der Waals surface area contributed by atoms with Crippen LogP contribution in [0.3, 0.4) is 0 Å². The summed E-state index contributed by atoms with van der Waals surface area (Å²) in [7, 11) is 0. The highest BCUT2D eigenvalue weighted by molar-refractivity contribution is 6.30. The van der Waals surface area contributed by atoms with E-state index in [0.717, 1.165) is 19.4 Å². The topological polar surface area (TPSA) is 35.2 Å². The van der Waals surface area contributed by atoms with E-state index in [0.29, 0.717) is 22.9 Å². The molecule has 1 heterocycles. The lowest BCUT2D eigenvalue weighted by atomic mass is 9.88. The highest BCUT2D eigenvalue weighted by atomic mass is 35.5. The van der Waals surface area contributed by atoms with Crippen molar-refractivity contribution in [2.75, 3.05) is 6.61 Å². The maximum absolute atomic E-state index is 13.7. The Morgan fingerprint density at radius 1 is 1.56 bits per heavy atom. The number of halogens is 2. The summed E-state index contributed by atoms with van der Waals surface area (Å²) in [4.78, 5) is 0. The van der Waals surface area contributed by atoms with Gasteiger partial charge in [-0.25, -0.2) is 4.39 Å². The lowest BCUT2D eigenvalue weighted by Gasteiger charge is -2.24. The Labute approximate surface area is 112 Å². The molecule has 1 fully saturated rings. The first-order valence-electron chi connectivity index (χ1n) is 6.43. The van der Waals surface area contributed by atoms with E-state index in [9.17, 15) is 4.39 Å². The second-order valence-electron chi connectivity index (χ2n) is 4.87. The van der Waals surface area contributed by atoms with Crippen molar-refractivity contribution in [1.29, 1.82) is 0 Å². The van der Waals surface area contributed by atoms with Crippen molar-refractivity contribution >= 4 is 11.6 Å². The zero-order chi connectivity index (χ0) is 13.1. The molecule has 3 atom stereocenters. The molecular formula is C14H19ClFNO. The van der Waals surface area contributed by atoms with Gasteiger partial charge in [0, 0.05) is 23.6 Å². The minimum atomic E-state index is -0.234. The molecule has 0 amide bonds. The van der Waals surface area contributed by atoms with E-state index in [4.69, 9.17) is 22.1 Å². The lowest BCUT2D eigenvalue weighted by Crippen LogP contribution is -2.37. The summed E-state index contributed by atoms with van der Waals surface area (Å²) in [6.07, 6.45) is 2.64. The summed E-state index contributed by atoms with van der Waals surface area (Å²) in [6, 6.07) is 4.53. The summed E-state index contributed by atoms with van der Waals surface area (Å²) < 4.78 is 19.3. The predicted molar refractivity (Wildman–Crippen MR) is 71.2 cm³/mol. The fourth-order valence-corrected chi connectivity index (χ4v) is 2.88. The number of hydrogen-bond acceptors (Lipinski definition) is 2. The molecule has 0 aliphatic carbocycles. The molecular weight excluding hydrogens is 253 g/mol. The van der Waals surface area contributed by atoms with Gasteiger partial charge < -0.3 is 10.5 Å². The van der Waals surface area contributed by atoms with Gasteiger partial charge in [0.15, 0.2) is 0 Å². The number of rotatable bonds is 4. The molecule has 2 rings (SSSR count). The SMILES string of the molecule is CCC1OCCC1C(N)Cc1cc(Cl)ccc1F. The fourth-order valence-electron chi connectivity index (χ4n) is 2.68. The van der Waals surface area contributed by atoms with Crippen LogP contribution in [0.5, 0.6) is 0 Å². The molecule has 18 heavy (non-hydrogen) atoms. The molecule has 0 saturated carbocycles. The largest absolute Gasteiger partial charge is 0.378 e. The standard InChI is InChI=1S/C14H19ClFNO/c1-2-14-11(5-6-18-14)13(17)8-9-7-10(15)3-4-12(9)16/h3-4,7,11,13-14H,2,5-6,8,17H2,1H3. The summed E-state index contributed by atoms with van der Waals surface area (Å²) in [5.74, 6) is 0.0789. The Morgan fingerprint density at radius 2 is 2.33 bits per heavy atom. The number of nitrogens with two attached hydrogens (primary N) is 1. The van der Waals surface area contributed by atoms with Gasteiger partial charge in [-0.3, -0.25) is 0 Å². The van der Waals surface area contributed by atoms with Crippen LogP contribution in [0.4, 0.5) is 4.39 Å². The number of ether oxygens (including phenoxy) is 1. The van der Waals surface area contributed by atoms with Gasteiger partial charge in [0.2, 0.25) is 0 Å². The average Bonchev–Trinajstić information content (AvgIpc) is 2.82. The molecule has 100 valence electrons. The minimum Gasteiger partial charge on any atom is -0.378 e. The van der Waals surface area contributed by atoms with Crippen molar-refractivity contribution in [2.24, 2.45) is 11.7 Å². The first-order valence-corrected chi connectivity index (χ1v) is 6.80. The van der Waals surface area contributed by atoms with E-state index in [-0.39, 0.29) is 18.0 Å². The van der Waals surface area contributed by atoms with Gasteiger partial charge in [0.25, 0.3) is 0 Å². The quantitative estimate of drug-likeness (QED) is 0.913. The third-order valence-corrected chi connectivity index (χ3v) is 3.91. The van der Waals surface area contributed by atoms with Crippen molar-refractivity contribution in [2.45, 2.75) is 38.3 Å². The smallest absolute Gasteiger partial charge is 0.126 e. The van der Waals surface area contributed by atoms with Crippen LogP contribution in [-0.4, -0.2) is 18.8 Å². The molecule has 0 spiro atoms. The average molecular weight is 272 g/mol. The number of hydrogen-bond donors (Lipinski definition) is 1. The molecule has 4 heteroatoms. The van der Waals surface area contributed by atoms with Crippen LogP contribution in [0.15, 0.2) is 18.2 Å². The molecule has 0 radical (unpaired) electrons. The van der Waals surface area contributed by atoms with Crippen molar-refractivity contribution < 1.29 is 9.13 Å². The van der Waals surface area contributed by atoms with Crippen LogP contribution in [0.1, 0.15) is 25.3 Å². The molecule has 0 bridgehead atoms. The summed E-state index contributed by atoms with van der Waals surface area (Å²) in [6.45, 7) is 2.85. The molecule has 2 N–H and O–H groups in total. The Kier molecular flexibility index (Phi) is 4.60. The molecule has 2 nitrogen and oxygen atoms in total. The van der Waals surface area contributed by atoms with Crippen molar-refractivity contribution in [3.05, 3.63) is 34.6 Å². The Hall–Kier alpha value is -0.640.